The maximum atomic E-state index is 12.5. The van der Waals surface area contributed by atoms with E-state index in [0.29, 0.717) is 45.0 Å². The van der Waals surface area contributed by atoms with Crippen molar-refractivity contribution >= 4 is 41.3 Å². The van der Waals surface area contributed by atoms with Crippen molar-refractivity contribution in [1.82, 2.24) is 5.43 Å². The van der Waals surface area contributed by atoms with Crippen LogP contribution in [0, 0.1) is 0 Å². The molecule has 1 unspecified atom stereocenters. The predicted molar refractivity (Wildman–Crippen MR) is 138 cm³/mol. The SMILES string of the molecule is CCOc1ccc(C(=O)Oc2ccc(/C=N/NC(=O)C(C)Oc3ccc(Cl)cc3Cl)cc2OC)cc1. The highest BCUT2D eigenvalue weighted by Crippen LogP contribution is 2.29. The van der Waals surface area contributed by atoms with Gasteiger partial charge in [-0.15, -0.1) is 0 Å². The van der Waals surface area contributed by atoms with Gasteiger partial charge in [0.05, 0.1) is 30.5 Å². The molecule has 36 heavy (non-hydrogen) atoms. The van der Waals surface area contributed by atoms with Crippen LogP contribution in [0.4, 0.5) is 0 Å². The Labute approximate surface area is 218 Å². The van der Waals surface area contributed by atoms with E-state index < -0.39 is 18.0 Å². The molecule has 0 saturated heterocycles. The number of halogens is 2. The van der Waals surface area contributed by atoms with Crippen LogP contribution in [-0.4, -0.2) is 37.9 Å². The largest absolute Gasteiger partial charge is 0.494 e. The highest BCUT2D eigenvalue weighted by molar-refractivity contribution is 6.35. The molecule has 0 spiro atoms. The third-order valence-corrected chi connectivity index (χ3v) is 5.28. The van der Waals surface area contributed by atoms with Gasteiger partial charge in [0.25, 0.3) is 5.91 Å². The molecular formula is C26H24Cl2N2O6. The highest BCUT2D eigenvalue weighted by Gasteiger charge is 2.16. The van der Waals surface area contributed by atoms with Gasteiger partial charge in [-0.3, -0.25) is 4.79 Å². The maximum Gasteiger partial charge on any atom is 0.343 e. The number of methoxy groups -OCH3 is 1. The lowest BCUT2D eigenvalue weighted by Crippen LogP contribution is -2.33. The second-order valence-corrected chi connectivity index (χ2v) is 8.17. The van der Waals surface area contributed by atoms with Crippen molar-refractivity contribution in [3.8, 4) is 23.0 Å². The number of carbonyl (C=O) groups excluding carboxylic acids is 2. The molecule has 0 bridgehead atoms. The summed E-state index contributed by atoms with van der Waals surface area (Å²) in [5, 5.41) is 4.70. The van der Waals surface area contributed by atoms with E-state index in [4.69, 9.17) is 42.1 Å². The topological polar surface area (TPSA) is 95.5 Å². The van der Waals surface area contributed by atoms with E-state index in [1.165, 1.54) is 19.4 Å². The summed E-state index contributed by atoms with van der Waals surface area (Å²) in [6.45, 7) is 3.97. The second-order valence-electron chi connectivity index (χ2n) is 7.33. The third kappa shape index (κ3) is 7.37. The van der Waals surface area contributed by atoms with Crippen molar-refractivity contribution in [3.63, 3.8) is 0 Å². The highest BCUT2D eigenvalue weighted by atomic mass is 35.5. The van der Waals surface area contributed by atoms with Crippen LogP contribution < -0.4 is 24.4 Å². The number of hydrazone groups is 1. The average Bonchev–Trinajstić information content (AvgIpc) is 2.87. The van der Waals surface area contributed by atoms with Crippen LogP contribution in [-0.2, 0) is 4.79 Å². The number of nitrogens with one attached hydrogen (secondary N) is 1. The van der Waals surface area contributed by atoms with E-state index in [2.05, 4.69) is 10.5 Å². The van der Waals surface area contributed by atoms with Crippen LogP contribution in [0.3, 0.4) is 0 Å². The molecule has 1 amide bonds. The summed E-state index contributed by atoms with van der Waals surface area (Å²) in [5.74, 6) is 0.521. The Kier molecular flexibility index (Phi) is 9.55. The van der Waals surface area contributed by atoms with E-state index >= 15 is 0 Å². The zero-order valence-corrected chi connectivity index (χ0v) is 21.3. The Balaban J connectivity index is 1.59. The molecule has 0 aromatic heterocycles. The minimum atomic E-state index is -0.861. The molecule has 188 valence electrons. The minimum Gasteiger partial charge on any atom is -0.494 e. The molecule has 0 aliphatic rings. The predicted octanol–water partition coefficient (Wildman–Crippen LogP) is 5.54. The summed E-state index contributed by atoms with van der Waals surface area (Å²) in [6, 6.07) is 16.2. The van der Waals surface area contributed by atoms with Crippen LogP contribution in [0.5, 0.6) is 23.0 Å². The van der Waals surface area contributed by atoms with Gasteiger partial charge in [-0.1, -0.05) is 23.2 Å². The van der Waals surface area contributed by atoms with Crippen molar-refractivity contribution in [2.45, 2.75) is 20.0 Å². The standard InChI is InChI=1S/C26H24Cl2N2O6/c1-4-34-20-9-6-18(7-10-20)26(32)36-23-11-5-17(13-24(23)33-3)15-29-30-25(31)16(2)35-22-12-8-19(27)14-21(22)28/h5-16H,4H2,1-3H3,(H,30,31)/b29-15+. The molecule has 3 aromatic carbocycles. The number of benzene rings is 3. The molecule has 0 aliphatic heterocycles. The zero-order chi connectivity index (χ0) is 26.1. The first-order chi connectivity index (χ1) is 17.3. The fraction of sp³-hybridized carbons (Fsp3) is 0.192. The third-order valence-electron chi connectivity index (χ3n) is 4.75. The number of esters is 1. The molecule has 0 saturated carbocycles. The fourth-order valence-electron chi connectivity index (χ4n) is 2.94. The van der Waals surface area contributed by atoms with Gasteiger partial charge >= 0.3 is 5.97 Å². The Morgan fingerprint density at radius 2 is 1.72 bits per heavy atom. The Morgan fingerprint density at radius 1 is 1.00 bits per heavy atom. The van der Waals surface area contributed by atoms with Crippen LogP contribution in [0.1, 0.15) is 29.8 Å². The molecule has 0 radical (unpaired) electrons. The summed E-state index contributed by atoms with van der Waals surface area (Å²) >= 11 is 11.9. The van der Waals surface area contributed by atoms with Gasteiger partial charge in [0, 0.05) is 5.02 Å². The Hall–Kier alpha value is -3.75. The number of nitrogens with zero attached hydrogens (tertiary/aromatic N) is 1. The molecule has 1 atom stereocenters. The summed E-state index contributed by atoms with van der Waals surface area (Å²) < 4.78 is 21.7. The summed E-state index contributed by atoms with van der Waals surface area (Å²) in [4.78, 5) is 24.8. The van der Waals surface area contributed by atoms with Gasteiger partial charge in [-0.2, -0.15) is 5.10 Å². The number of amides is 1. The molecule has 0 heterocycles. The second kappa shape index (κ2) is 12.8. The molecule has 1 N–H and O–H groups in total. The molecule has 0 aliphatic carbocycles. The molecule has 3 rings (SSSR count). The minimum absolute atomic E-state index is 0.236. The van der Waals surface area contributed by atoms with Crippen molar-refractivity contribution in [1.29, 1.82) is 0 Å². The summed E-state index contributed by atoms with van der Waals surface area (Å²) in [7, 11) is 1.45. The van der Waals surface area contributed by atoms with Gasteiger partial charge in [0.15, 0.2) is 17.6 Å². The lowest BCUT2D eigenvalue weighted by atomic mass is 10.2. The van der Waals surface area contributed by atoms with E-state index in [0.717, 1.165) is 0 Å². The first-order valence-corrected chi connectivity index (χ1v) is 11.6. The number of hydrogen-bond donors (Lipinski definition) is 1. The van der Waals surface area contributed by atoms with Crippen molar-refractivity contribution in [2.75, 3.05) is 13.7 Å². The Bertz CT molecular complexity index is 1250. The monoisotopic (exact) mass is 530 g/mol. The van der Waals surface area contributed by atoms with E-state index in [-0.39, 0.29) is 5.75 Å². The number of hydrogen-bond acceptors (Lipinski definition) is 7. The van der Waals surface area contributed by atoms with Crippen LogP contribution in [0.25, 0.3) is 0 Å². The van der Waals surface area contributed by atoms with Gasteiger partial charge < -0.3 is 18.9 Å². The fourth-order valence-corrected chi connectivity index (χ4v) is 3.39. The first kappa shape index (κ1) is 26.8. The van der Waals surface area contributed by atoms with Crippen molar-refractivity contribution < 1.29 is 28.5 Å². The molecule has 8 nitrogen and oxygen atoms in total. The molecular weight excluding hydrogens is 507 g/mol. The zero-order valence-electron chi connectivity index (χ0n) is 19.8. The summed E-state index contributed by atoms with van der Waals surface area (Å²) in [6.07, 6.45) is 0.556. The van der Waals surface area contributed by atoms with Gasteiger partial charge in [0.1, 0.15) is 11.5 Å². The lowest BCUT2D eigenvalue weighted by Gasteiger charge is -2.14. The first-order valence-electron chi connectivity index (χ1n) is 10.9. The van der Waals surface area contributed by atoms with Gasteiger partial charge in [-0.25, -0.2) is 10.2 Å². The maximum absolute atomic E-state index is 12.5. The molecule has 0 fully saturated rings. The lowest BCUT2D eigenvalue weighted by molar-refractivity contribution is -0.127. The van der Waals surface area contributed by atoms with Crippen molar-refractivity contribution in [3.05, 3.63) is 81.8 Å². The normalized spacial score (nSPS) is 11.6. The number of ether oxygens (including phenoxy) is 4. The van der Waals surface area contributed by atoms with Gasteiger partial charge in [-0.05, 0) is 80.1 Å². The van der Waals surface area contributed by atoms with Crippen LogP contribution >= 0.6 is 23.2 Å². The van der Waals surface area contributed by atoms with E-state index in [9.17, 15) is 9.59 Å². The quantitative estimate of drug-likeness (QED) is 0.160. The number of carbonyl (C=O) groups is 2. The molecule has 3 aromatic rings. The average molecular weight is 531 g/mol. The van der Waals surface area contributed by atoms with E-state index in [1.807, 2.05) is 6.92 Å². The van der Waals surface area contributed by atoms with E-state index in [1.54, 1.807) is 61.5 Å². The van der Waals surface area contributed by atoms with Gasteiger partial charge in [0.2, 0.25) is 0 Å². The van der Waals surface area contributed by atoms with Crippen LogP contribution in [0.15, 0.2) is 65.8 Å². The molecule has 10 heteroatoms. The summed E-state index contributed by atoms with van der Waals surface area (Å²) in [5.41, 5.74) is 3.37. The van der Waals surface area contributed by atoms with Crippen molar-refractivity contribution in [2.24, 2.45) is 5.10 Å². The Morgan fingerprint density at radius 3 is 2.39 bits per heavy atom. The smallest absolute Gasteiger partial charge is 0.343 e. The van der Waals surface area contributed by atoms with Crippen LogP contribution in [0.2, 0.25) is 10.0 Å². The number of rotatable bonds is 10.